The number of H-pyrrole nitrogens is 2. The molecule has 3 N–H and O–H groups in total. The van der Waals surface area contributed by atoms with Crippen molar-refractivity contribution in [1.29, 1.82) is 0 Å². The number of likely N-dealkylation sites (N-methyl/N-ethyl adjacent to an activating group) is 1. The van der Waals surface area contributed by atoms with Crippen molar-refractivity contribution in [3.05, 3.63) is 65.4 Å². The minimum atomic E-state index is -5.08. The highest BCUT2D eigenvalue weighted by molar-refractivity contribution is 5.90. The van der Waals surface area contributed by atoms with Crippen LogP contribution in [0.1, 0.15) is 17.1 Å². The van der Waals surface area contributed by atoms with Crippen LogP contribution in [0, 0.1) is 12.7 Å². The number of amides is 1. The summed E-state index contributed by atoms with van der Waals surface area (Å²) in [4.78, 5) is 34.0. The van der Waals surface area contributed by atoms with Crippen molar-refractivity contribution in [3.8, 4) is 0 Å². The fourth-order valence-electron chi connectivity index (χ4n) is 3.27. The van der Waals surface area contributed by atoms with E-state index in [-0.39, 0.29) is 18.1 Å². The number of alkyl halides is 3. The lowest BCUT2D eigenvalue weighted by molar-refractivity contribution is -0.192. The molecule has 0 unspecified atom stereocenters. The first-order chi connectivity index (χ1) is 15.5. The number of aromatic nitrogens is 3. The van der Waals surface area contributed by atoms with Crippen LogP contribution in [0.2, 0.25) is 0 Å². The molecule has 0 fully saturated rings. The lowest BCUT2D eigenvalue weighted by Crippen LogP contribution is -2.28. The number of aromatic amines is 2. The molecule has 0 saturated carbocycles. The average Bonchev–Trinajstić information content (AvgIpc) is 3.29. The van der Waals surface area contributed by atoms with Crippen molar-refractivity contribution in [2.24, 2.45) is 0 Å². The predicted octanol–water partition coefficient (Wildman–Crippen LogP) is 4.33. The summed E-state index contributed by atoms with van der Waals surface area (Å²) in [7, 11) is 1.75. The summed E-state index contributed by atoms with van der Waals surface area (Å²) in [6.45, 7) is 2.25. The number of carbonyl (C=O) groups is 2. The van der Waals surface area contributed by atoms with E-state index < -0.39 is 12.1 Å². The number of nitrogens with zero attached hydrogens (tertiary/aromatic N) is 2. The maximum Gasteiger partial charge on any atom is 0.490 e. The van der Waals surface area contributed by atoms with Crippen molar-refractivity contribution in [2.45, 2.75) is 26.1 Å². The second kappa shape index (κ2) is 9.31. The third kappa shape index (κ3) is 5.48. The second-order valence-electron chi connectivity index (χ2n) is 7.32. The summed E-state index contributed by atoms with van der Waals surface area (Å²) in [6, 6.07) is 12.7. The Morgan fingerprint density at radius 1 is 1.09 bits per heavy atom. The number of carboxylic acids is 1. The number of aryl methyl sites for hydroxylation is 1. The number of rotatable bonds is 4. The van der Waals surface area contributed by atoms with Gasteiger partial charge in [-0.2, -0.15) is 13.2 Å². The number of carbonyl (C=O) groups excluding carboxylic acids is 1. The highest BCUT2D eigenvalue weighted by atomic mass is 19.4. The molecule has 0 atom stereocenters. The Morgan fingerprint density at radius 2 is 1.76 bits per heavy atom. The molecular formula is C22H20F4N4O3. The molecule has 33 heavy (non-hydrogen) atoms. The van der Waals surface area contributed by atoms with Gasteiger partial charge in [0.1, 0.15) is 11.6 Å². The maximum atomic E-state index is 13.9. The predicted molar refractivity (Wildman–Crippen MR) is 113 cm³/mol. The van der Waals surface area contributed by atoms with Crippen LogP contribution in [0.15, 0.2) is 42.5 Å². The summed E-state index contributed by atoms with van der Waals surface area (Å²) in [5, 5.41) is 7.88. The Morgan fingerprint density at radius 3 is 2.39 bits per heavy atom. The lowest BCUT2D eigenvalue weighted by atomic mass is 10.1. The Balaban J connectivity index is 0.000000383. The average molecular weight is 464 g/mol. The largest absolute Gasteiger partial charge is 0.490 e. The quantitative estimate of drug-likeness (QED) is 0.392. The van der Waals surface area contributed by atoms with Crippen LogP contribution in [0.25, 0.3) is 21.9 Å². The van der Waals surface area contributed by atoms with Crippen LogP contribution in [0.4, 0.5) is 17.6 Å². The molecule has 0 bridgehead atoms. The minimum Gasteiger partial charge on any atom is -0.475 e. The number of para-hydroxylation sites is 3. The van der Waals surface area contributed by atoms with Gasteiger partial charge >= 0.3 is 12.1 Å². The van der Waals surface area contributed by atoms with Crippen molar-refractivity contribution in [3.63, 3.8) is 0 Å². The van der Waals surface area contributed by atoms with Gasteiger partial charge in [-0.25, -0.2) is 14.2 Å². The van der Waals surface area contributed by atoms with E-state index in [9.17, 15) is 22.4 Å². The number of halogens is 4. The fraction of sp³-hybridized carbons (Fsp3) is 0.227. The van der Waals surface area contributed by atoms with Gasteiger partial charge in [-0.15, -0.1) is 0 Å². The maximum absolute atomic E-state index is 13.9. The molecule has 2 aromatic heterocycles. The van der Waals surface area contributed by atoms with Gasteiger partial charge in [0.15, 0.2) is 0 Å². The lowest BCUT2D eigenvalue weighted by Gasteiger charge is -2.16. The summed E-state index contributed by atoms with van der Waals surface area (Å²) in [6.07, 6.45) is -4.87. The molecule has 0 saturated heterocycles. The van der Waals surface area contributed by atoms with Crippen molar-refractivity contribution >= 4 is 33.8 Å². The van der Waals surface area contributed by atoms with E-state index in [0.29, 0.717) is 12.1 Å². The molecule has 2 aromatic carbocycles. The summed E-state index contributed by atoms with van der Waals surface area (Å²) in [5.41, 5.74) is 3.93. The van der Waals surface area contributed by atoms with Gasteiger partial charge in [0, 0.05) is 18.1 Å². The van der Waals surface area contributed by atoms with E-state index in [0.717, 1.165) is 33.5 Å². The zero-order valence-corrected chi connectivity index (χ0v) is 17.6. The highest BCUT2D eigenvalue weighted by Crippen LogP contribution is 2.25. The van der Waals surface area contributed by atoms with E-state index >= 15 is 0 Å². The number of carboxylic acid groups (broad SMARTS) is 1. The van der Waals surface area contributed by atoms with Crippen LogP contribution >= 0.6 is 0 Å². The van der Waals surface area contributed by atoms with Crippen LogP contribution < -0.4 is 0 Å². The molecule has 0 spiro atoms. The normalized spacial score (nSPS) is 11.3. The molecule has 174 valence electrons. The summed E-state index contributed by atoms with van der Waals surface area (Å²) < 4.78 is 45.7. The van der Waals surface area contributed by atoms with Crippen LogP contribution in [0.3, 0.4) is 0 Å². The number of nitrogens with one attached hydrogen (secondary N) is 2. The molecular weight excluding hydrogens is 444 g/mol. The first-order valence-electron chi connectivity index (χ1n) is 9.70. The Kier molecular flexibility index (Phi) is 6.70. The van der Waals surface area contributed by atoms with E-state index in [1.165, 1.54) is 6.07 Å². The van der Waals surface area contributed by atoms with E-state index in [1.807, 2.05) is 37.3 Å². The van der Waals surface area contributed by atoms with E-state index in [4.69, 9.17) is 9.90 Å². The van der Waals surface area contributed by atoms with Crippen LogP contribution in [-0.4, -0.2) is 50.1 Å². The molecule has 11 heteroatoms. The summed E-state index contributed by atoms with van der Waals surface area (Å²) >= 11 is 0. The number of benzene rings is 2. The third-order valence-corrected chi connectivity index (χ3v) is 4.93. The van der Waals surface area contributed by atoms with E-state index in [2.05, 4.69) is 15.0 Å². The van der Waals surface area contributed by atoms with Crippen LogP contribution in [0.5, 0.6) is 0 Å². The molecule has 2 heterocycles. The van der Waals surface area contributed by atoms with Gasteiger partial charge in [0.2, 0.25) is 5.91 Å². The van der Waals surface area contributed by atoms with Crippen molar-refractivity contribution in [2.75, 3.05) is 7.05 Å². The number of aliphatic carboxylic acids is 1. The van der Waals surface area contributed by atoms with Gasteiger partial charge < -0.3 is 20.0 Å². The van der Waals surface area contributed by atoms with Gasteiger partial charge in [0.05, 0.1) is 29.5 Å². The molecule has 0 aliphatic rings. The molecule has 0 aliphatic heterocycles. The first-order valence-corrected chi connectivity index (χ1v) is 9.70. The SMILES string of the molecule is Cc1[nH]c2c(F)cccc2c1CC(=O)N(C)Cc1nc2ccccc2[nH]1.O=C(O)C(F)(F)F. The Labute approximate surface area is 185 Å². The number of fused-ring (bicyclic) bond motifs is 2. The van der Waals surface area contributed by atoms with Gasteiger partial charge in [-0.1, -0.05) is 24.3 Å². The molecule has 1 amide bonds. The number of imidazole rings is 1. The van der Waals surface area contributed by atoms with E-state index in [1.54, 1.807) is 18.0 Å². The third-order valence-electron chi connectivity index (χ3n) is 4.93. The molecule has 0 radical (unpaired) electrons. The topological polar surface area (TPSA) is 102 Å². The smallest absolute Gasteiger partial charge is 0.475 e. The standard InChI is InChI=1S/C20H19FN4O.C2HF3O2/c1-12-14(13-6-5-7-15(21)20(13)22-12)10-19(26)25(2)11-18-23-16-8-3-4-9-17(16)24-18;3-2(4,5)1(6)7/h3-9,22H,10-11H2,1-2H3,(H,23,24);(H,6,7). The van der Waals surface area contributed by atoms with Gasteiger partial charge in [-0.3, -0.25) is 4.79 Å². The zero-order valence-electron chi connectivity index (χ0n) is 17.6. The highest BCUT2D eigenvalue weighted by Gasteiger charge is 2.38. The Hall–Kier alpha value is -3.89. The second-order valence-corrected chi connectivity index (χ2v) is 7.32. The number of hydrogen-bond donors (Lipinski definition) is 3. The molecule has 0 aliphatic carbocycles. The van der Waals surface area contributed by atoms with Crippen molar-refractivity contribution in [1.82, 2.24) is 19.9 Å². The van der Waals surface area contributed by atoms with Gasteiger partial charge in [0.25, 0.3) is 0 Å². The fourth-order valence-corrected chi connectivity index (χ4v) is 3.27. The Bertz CT molecular complexity index is 1280. The van der Waals surface area contributed by atoms with Crippen LogP contribution in [-0.2, 0) is 22.6 Å². The molecule has 4 rings (SSSR count). The number of hydrogen-bond acceptors (Lipinski definition) is 3. The molecule has 7 nitrogen and oxygen atoms in total. The zero-order chi connectivity index (χ0) is 24.3. The van der Waals surface area contributed by atoms with Crippen molar-refractivity contribution < 1.29 is 32.3 Å². The van der Waals surface area contributed by atoms with Gasteiger partial charge in [-0.05, 0) is 30.7 Å². The molecule has 4 aromatic rings. The minimum absolute atomic E-state index is 0.0429. The monoisotopic (exact) mass is 464 g/mol. The summed E-state index contributed by atoms with van der Waals surface area (Å²) in [5.74, 6) is -2.37. The first kappa shape index (κ1) is 23.8.